The molecule has 0 radical (unpaired) electrons. The van der Waals surface area contributed by atoms with Gasteiger partial charge < -0.3 is 0 Å². The Morgan fingerprint density at radius 1 is 0.783 bits per heavy atom. The van der Waals surface area contributed by atoms with E-state index in [1.165, 1.54) is 10.6 Å². The Morgan fingerprint density at radius 3 is 1.39 bits per heavy atom. The fourth-order valence-electron chi connectivity index (χ4n) is 2.89. The first kappa shape index (κ1) is 18.7. The van der Waals surface area contributed by atoms with E-state index >= 15 is 0 Å². The van der Waals surface area contributed by atoms with Crippen LogP contribution in [0.1, 0.15) is 5.79 Å². The van der Waals surface area contributed by atoms with Gasteiger partial charge in [0.1, 0.15) is 21.9 Å². The number of hydrogen-bond acceptors (Lipinski definition) is 2. The van der Waals surface area contributed by atoms with E-state index in [-0.39, 0.29) is 5.79 Å². The molecule has 0 aliphatic heterocycles. The summed E-state index contributed by atoms with van der Waals surface area (Å²) >= 11 is 6.97. The van der Waals surface area contributed by atoms with Crippen LogP contribution in [0.2, 0.25) is 52.4 Å². The lowest BCUT2D eigenvalue weighted by molar-refractivity contribution is 0.480. The van der Waals surface area contributed by atoms with E-state index in [4.69, 9.17) is 11.1 Å². The lowest BCUT2D eigenvalue weighted by Gasteiger charge is -2.34. The molecule has 0 spiro atoms. The van der Waals surface area contributed by atoms with E-state index in [1.807, 2.05) is 12.4 Å². The maximum atomic E-state index is 6.97. The summed E-state index contributed by atoms with van der Waals surface area (Å²) in [6.45, 7) is 18.5. The third kappa shape index (κ3) is 3.89. The van der Waals surface area contributed by atoms with E-state index in [1.54, 1.807) is 0 Å². The molecule has 128 valence electrons. The quantitative estimate of drug-likeness (QED) is 0.586. The average Bonchev–Trinajstić information content (AvgIpc) is 2.93. The molecule has 8 heteroatoms. The molecule has 0 N–H and O–H groups in total. The van der Waals surface area contributed by atoms with Crippen molar-refractivity contribution in [2.75, 3.05) is 0 Å². The van der Waals surface area contributed by atoms with Crippen molar-refractivity contribution in [1.29, 1.82) is 0 Å². The Morgan fingerprint density at radius 2 is 1.13 bits per heavy atom. The van der Waals surface area contributed by atoms with Crippen molar-refractivity contribution < 1.29 is 0 Å². The number of nitrogens with zero attached hydrogens (tertiary/aromatic N) is 4. The summed E-state index contributed by atoms with van der Waals surface area (Å²) in [5.74, 6) is 0.0117. The molecule has 0 amide bonds. The molecule has 0 bridgehead atoms. The highest BCUT2D eigenvalue weighted by atomic mass is 35.6. The van der Waals surface area contributed by atoms with Crippen molar-refractivity contribution >= 4 is 45.2 Å². The number of aromatic nitrogens is 4. The Labute approximate surface area is 147 Å². The second kappa shape index (κ2) is 6.02. The summed E-state index contributed by atoms with van der Waals surface area (Å²) < 4.78 is 4.34. The van der Waals surface area contributed by atoms with Gasteiger partial charge >= 0.3 is 0 Å². The van der Waals surface area contributed by atoms with Gasteiger partial charge in [-0.15, -0.1) is 0 Å². The molecular formula is C15H29ClN4Si3. The highest BCUT2D eigenvalue weighted by Gasteiger charge is 2.40. The summed E-state index contributed by atoms with van der Waals surface area (Å²) in [6.07, 6.45) is 3.82. The molecule has 2 aromatic heterocycles. The molecular weight excluding hydrogens is 356 g/mol. The molecule has 2 rings (SSSR count). The van der Waals surface area contributed by atoms with Crippen molar-refractivity contribution in [1.82, 2.24) is 19.6 Å². The van der Waals surface area contributed by atoms with E-state index in [0.29, 0.717) is 0 Å². The van der Waals surface area contributed by atoms with Gasteiger partial charge in [0.25, 0.3) is 0 Å². The van der Waals surface area contributed by atoms with Crippen LogP contribution in [-0.2, 0) is 0 Å². The summed E-state index contributed by atoms with van der Waals surface area (Å²) in [6, 6.07) is 4.32. The molecule has 0 saturated carbocycles. The Bertz CT molecular complexity index is 622. The molecule has 0 aromatic carbocycles. The van der Waals surface area contributed by atoms with Gasteiger partial charge in [0.2, 0.25) is 7.38 Å². The predicted molar refractivity (Wildman–Crippen MR) is 108 cm³/mol. The smallest absolute Gasteiger partial charge is 0.202 e. The molecule has 0 saturated heterocycles. The Balaban J connectivity index is 2.67. The standard InChI is InChI=1S/C15H29ClN4Si3/c1-21(2,3)13-9-11-17-19(13)15(23(7,8)16)20-14(10-12-18-20)22(4,5)6/h9-12,15H,1-8H3. The SMILES string of the molecule is C[Si](C)(C)c1ccnn1C(n1nccc1[Si](C)(C)C)[Si](C)(C)Cl. The molecule has 0 unspecified atom stereocenters. The molecule has 4 nitrogen and oxygen atoms in total. The third-order valence-electron chi connectivity index (χ3n) is 3.95. The topological polar surface area (TPSA) is 35.6 Å². The lowest BCUT2D eigenvalue weighted by atomic mass is 10.7. The minimum Gasteiger partial charge on any atom is -0.251 e. The normalized spacial score (nSPS) is 13.8. The summed E-state index contributed by atoms with van der Waals surface area (Å²) in [4.78, 5) is 0. The van der Waals surface area contributed by atoms with Crippen LogP contribution in [0.15, 0.2) is 24.5 Å². The maximum absolute atomic E-state index is 6.97. The van der Waals surface area contributed by atoms with Gasteiger partial charge in [-0.3, -0.25) is 9.36 Å². The number of hydrogen-bond donors (Lipinski definition) is 0. The van der Waals surface area contributed by atoms with Crippen LogP contribution < -0.4 is 10.6 Å². The van der Waals surface area contributed by atoms with E-state index < -0.39 is 23.5 Å². The number of halogens is 1. The van der Waals surface area contributed by atoms with Crippen molar-refractivity contribution in [3.8, 4) is 0 Å². The zero-order valence-electron chi connectivity index (χ0n) is 15.6. The Hall–Kier alpha value is -0.639. The lowest BCUT2D eigenvalue weighted by Crippen LogP contribution is -2.55. The summed E-state index contributed by atoms with van der Waals surface area (Å²) in [5, 5.41) is 12.0. The van der Waals surface area contributed by atoms with E-state index in [0.717, 1.165) is 0 Å². The molecule has 2 aromatic rings. The molecule has 0 atom stereocenters. The van der Waals surface area contributed by atoms with Crippen LogP contribution in [0.4, 0.5) is 0 Å². The van der Waals surface area contributed by atoms with Gasteiger partial charge in [0, 0.05) is 23.0 Å². The minimum absolute atomic E-state index is 0.0117. The molecule has 23 heavy (non-hydrogen) atoms. The van der Waals surface area contributed by atoms with Gasteiger partial charge in [0.15, 0.2) is 0 Å². The van der Waals surface area contributed by atoms with Gasteiger partial charge in [-0.25, -0.2) is 0 Å². The first-order valence-corrected chi connectivity index (χ1v) is 19.2. The van der Waals surface area contributed by atoms with Crippen LogP contribution in [0, 0.1) is 0 Å². The largest absolute Gasteiger partial charge is 0.251 e. The summed E-state index contributed by atoms with van der Waals surface area (Å²) in [7, 11) is -5.12. The highest BCUT2D eigenvalue weighted by molar-refractivity contribution is 7.19. The predicted octanol–water partition coefficient (Wildman–Crippen LogP) is 3.20. The fourth-order valence-corrected chi connectivity index (χ4v) is 8.16. The molecule has 0 fully saturated rings. The zero-order chi connectivity index (χ0) is 17.6. The second-order valence-electron chi connectivity index (χ2n) is 8.76. The molecule has 0 aliphatic rings. The Kier molecular flexibility index (Phi) is 4.89. The minimum atomic E-state index is -2.10. The molecule has 0 aliphatic carbocycles. The third-order valence-corrected chi connectivity index (χ3v) is 10.1. The van der Waals surface area contributed by atoms with Crippen LogP contribution in [0.3, 0.4) is 0 Å². The van der Waals surface area contributed by atoms with Crippen LogP contribution >= 0.6 is 11.1 Å². The van der Waals surface area contributed by atoms with E-state index in [9.17, 15) is 0 Å². The second-order valence-corrected chi connectivity index (χ2v) is 25.4. The van der Waals surface area contributed by atoms with Crippen molar-refractivity contribution in [2.24, 2.45) is 0 Å². The fraction of sp³-hybridized carbons (Fsp3) is 0.600. The van der Waals surface area contributed by atoms with Crippen LogP contribution in [-0.4, -0.2) is 43.1 Å². The zero-order valence-corrected chi connectivity index (χ0v) is 19.3. The van der Waals surface area contributed by atoms with Gasteiger partial charge in [-0.1, -0.05) is 52.4 Å². The van der Waals surface area contributed by atoms with Crippen LogP contribution in [0.25, 0.3) is 0 Å². The van der Waals surface area contributed by atoms with Gasteiger partial charge in [-0.05, 0) is 12.1 Å². The number of rotatable bonds is 5. The van der Waals surface area contributed by atoms with Gasteiger partial charge in [-0.2, -0.15) is 21.3 Å². The van der Waals surface area contributed by atoms with Crippen molar-refractivity contribution in [2.45, 2.75) is 58.2 Å². The maximum Gasteiger partial charge on any atom is 0.202 e. The molecule has 2 heterocycles. The summed E-state index contributed by atoms with van der Waals surface area (Å²) in [5.41, 5.74) is 0. The first-order valence-electron chi connectivity index (χ1n) is 8.10. The highest BCUT2D eigenvalue weighted by Crippen LogP contribution is 2.26. The first-order chi connectivity index (χ1) is 10.3. The monoisotopic (exact) mass is 384 g/mol. The van der Waals surface area contributed by atoms with Crippen LogP contribution in [0.5, 0.6) is 0 Å². The van der Waals surface area contributed by atoms with E-state index in [2.05, 4.69) is 84.1 Å². The van der Waals surface area contributed by atoms with Crippen molar-refractivity contribution in [3.05, 3.63) is 24.5 Å². The average molecular weight is 385 g/mol. The van der Waals surface area contributed by atoms with Gasteiger partial charge in [0.05, 0.1) is 0 Å². The van der Waals surface area contributed by atoms with Crippen molar-refractivity contribution in [3.63, 3.8) is 0 Å².